The fourth-order valence-electron chi connectivity index (χ4n) is 3.74. The van der Waals surface area contributed by atoms with Crippen molar-refractivity contribution in [3.05, 3.63) is 36.5 Å². The maximum atomic E-state index is 12.1. The molecule has 3 N–H and O–H groups in total. The topological polar surface area (TPSA) is 69.6 Å². The van der Waals surface area contributed by atoms with E-state index in [0.717, 1.165) is 44.9 Å². The van der Waals surface area contributed by atoms with E-state index in [9.17, 15) is 15.0 Å². The number of rotatable bonds is 23. The Kier molecular flexibility index (Phi) is 24.2. The minimum Gasteiger partial charge on any atom is -0.394 e. The van der Waals surface area contributed by atoms with E-state index in [4.69, 9.17) is 0 Å². The monoisotopic (exact) mass is 463 g/mol. The van der Waals surface area contributed by atoms with Gasteiger partial charge in [0.1, 0.15) is 0 Å². The molecule has 0 saturated heterocycles. The van der Waals surface area contributed by atoms with Crippen LogP contribution in [-0.4, -0.2) is 34.9 Å². The number of carbonyl (C=O) groups excluding carboxylic acids is 1. The summed E-state index contributed by atoms with van der Waals surface area (Å²) in [6.45, 7) is 4.12. The summed E-state index contributed by atoms with van der Waals surface area (Å²) < 4.78 is 0. The van der Waals surface area contributed by atoms with E-state index < -0.39 is 12.1 Å². The third-order valence-electron chi connectivity index (χ3n) is 5.87. The zero-order chi connectivity index (χ0) is 24.4. The van der Waals surface area contributed by atoms with Gasteiger partial charge in [0.2, 0.25) is 5.91 Å². The van der Waals surface area contributed by atoms with E-state index in [1.807, 2.05) is 6.08 Å². The van der Waals surface area contributed by atoms with Gasteiger partial charge in [0.15, 0.2) is 0 Å². The number of hydrogen-bond donors (Lipinski definition) is 3. The molecule has 4 nitrogen and oxygen atoms in total. The van der Waals surface area contributed by atoms with Crippen molar-refractivity contribution in [2.75, 3.05) is 6.61 Å². The third-order valence-corrected chi connectivity index (χ3v) is 5.87. The van der Waals surface area contributed by atoms with Crippen molar-refractivity contribution in [2.24, 2.45) is 0 Å². The summed E-state index contributed by atoms with van der Waals surface area (Å²) in [6.07, 6.45) is 30.7. The first-order valence-corrected chi connectivity index (χ1v) is 13.7. The number of aliphatic hydroxyl groups is 2. The highest BCUT2D eigenvalue weighted by Gasteiger charge is 2.17. The first kappa shape index (κ1) is 31.6. The summed E-state index contributed by atoms with van der Waals surface area (Å²) in [7, 11) is 0. The Morgan fingerprint density at radius 2 is 1.21 bits per heavy atom. The van der Waals surface area contributed by atoms with E-state index >= 15 is 0 Å². The molecule has 4 heteroatoms. The van der Waals surface area contributed by atoms with Gasteiger partial charge in [-0.2, -0.15) is 0 Å². The number of hydrogen-bond acceptors (Lipinski definition) is 3. The lowest BCUT2D eigenvalue weighted by atomic mass is 10.0. The number of aliphatic hydroxyl groups excluding tert-OH is 2. The summed E-state index contributed by atoms with van der Waals surface area (Å²) in [6, 6.07) is -0.637. The fourth-order valence-corrected chi connectivity index (χ4v) is 3.74. The van der Waals surface area contributed by atoms with Gasteiger partial charge in [-0.3, -0.25) is 4.79 Å². The van der Waals surface area contributed by atoms with Gasteiger partial charge in [0.05, 0.1) is 18.8 Å². The maximum absolute atomic E-state index is 12.1. The van der Waals surface area contributed by atoms with E-state index in [1.165, 1.54) is 57.8 Å². The van der Waals surface area contributed by atoms with E-state index in [-0.39, 0.29) is 12.5 Å². The van der Waals surface area contributed by atoms with Crippen LogP contribution in [0.15, 0.2) is 36.5 Å². The van der Waals surface area contributed by atoms with E-state index in [1.54, 1.807) is 6.08 Å². The van der Waals surface area contributed by atoms with E-state index in [0.29, 0.717) is 6.42 Å². The highest BCUT2D eigenvalue weighted by atomic mass is 16.3. The molecule has 0 aliphatic carbocycles. The number of allylic oxidation sites excluding steroid dienone is 5. The molecule has 0 saturated carbocycles. The second-order valence-electron chi connectivity index (χ2n) is 9.07. The van der Waals surface area contributed by atoms with Crippen LogP contribution >= 0.6 is 0 Å². The van der Waals surface area contributed by atoms with Gasteiger partial charge < -0.3 is 15.5 Å². The molecule has 2 atom stereocenters. The van der Waals surface area contributed by atoms with Crippen molar-refractivity contribution in [1.82, 2.24) is 5.32 Å². The summed E-state index contributed by atoms with van der Waals surface area (Å²) in [4.78, 5) is 12.1. The third kappa shape index (κ3) is 22.2. The molecule has 0 aromatic rings. The van der Waals surface area contributed by atoms with Crippen LogP contribution in [0.1, 0.15) is 123 Å². The van der Waals surface area contributed by atoms with Crippen LogP contribution in [0.5, 0.6) is 0 Å². The average molecular weight is 464 g/mol. The Labute approximate surface area is 204 Å². The standard InChI is InChI=1S/C29H53NO3/c1-3-5-7-9-11-13-15-17-19-21-23-25-29(33)30-27(26-31)28(32)24-22-20-18-16-14-12-10-8-6-4-2/h6,8,14,16,22,24,27-28,31-32H,3-5,7,9-13,15,17-21,23,25-26H2,1-2H3,(H,30,33)/b8-6+,16-14+,24-22+. The molecule has 0 fully saturated rings. The molecule has 0 radical (unpaired) electrons. The molecule has 0 spiro atoms. The second-order valence-corrected chi connectivity index (χ2v) is 9.07. The fraction of sp³-hybridized carbons (Fsp3) is 0.759. The van der Waals surface area contributed by atoms with Crippen LogP contribution < -0.4 is 5.32 Å². The highest BCUT2D eigenvalue weighted by Crippen LogP contribution is 2.12. The zero-order valence-corrected chi connectivity index (χ0v) is 21.6. The molecule has 0 aromatic carbocycles. The van der Waals surface area contributed by atoms with Crippen molar-refractivity contribution in [2.45, 2.75) is 135 Å². The van der Waals surface area contributed by atoms with Crippen LogP contribution in [0, 0.1) is 0 Å². The second kappa shape index (κ2) is 25.2. The van der Waals surface area contributed by atoms with E-state index in [2.05, 4.69) is 43.5 Å². The van der Waals surface area contributed by atoms with Gasteiger partial charge in [0.25, 0.3) is 0 Å². The first-order valence-electron chi connectivity index (χ1n) is 13.7. The average Bonchev–Trinajstić information content (AvgIpc) is 2.82. The zero-order valence-electron chi connectivity index (χ0n) is 21.6. The van der Waals surface area contributed by atoms with Crippen LogP contribution in [0.3, 0.4) is 0 Å². The van der Waals surface area contributed by atoms with Crippen LogP contribution in [0.25, 0.3) is 0 Å². The molecule has 2 unspecified atom stereocenters. The Morgan fingerprint density at radius 3 is 1.73 bits per heavy atom. The molecule has 192 valence electrons. The van der Waals surface area contributed by atoms with Gasteiger partial charge >= 0.3 is 0 Å². The molecule has 1 amide bonds. The summed E-state index contributed by atoms with van der Waals surface area (Å²) in [5.41, 5.74) is 0. The Bertz CT molecular complexity index is 513. The minimum absolute atomic E-state index is 0.0857. The SMILES string of the molecule is CC/C=C/CC/C=C/CC/C=C/C(O)C(CO)NC(=O)CCCCCCCCCCCCC. The lowest BCUT2D eigenvalue weighted by Gasteiger charge is -2.19. The number of nitrogens with one attached hydrogen (secondary N) is 1. The van der Waals surface area contributed by atoms with Gasteiger partial charge in [-0.25, -0.2) is 0 Å². The first-order chi connectivity index (χ1) is 16.2. The van der Waals surface area contributed by atoms with Crippen molar-refractivity contribution in [3.8, 4) is 0 Å². The Morgan fingerprint density at radius 1 is 0.727 bits per heavy atom. The van der Waals surface area contributed by atoms with Crippen LogP contribution in [0.4, 0.5) is 0 Å². The Balaban J connectivity index is 3.79. The van der Waals surface area contributed by atoms with Gasteiger partial charge in [0, 0.05) is 6.42 Å². The van der Waals surface area contributed by atoms with Gasteiger partial charge in [-0.05, 0) is 38.5 Å². The van der Waals surface area contributed by atoms with Crippen LogP contribution in [-0.2, 0) is 4.79 Å². The predicted octanol–water partition coefficient (Wildman–Crippen LogP) is 7.16. The lowest BCUT2D eigenvalue weighted by Crippen LogP contribution is -2.45. The van der Waals surface area contributed by atoms with Gasteiger partial charge in [-0.1, -0.05) is 115 Å². The molecular formula is C29H53NO3. The van der Waals surface area contributed by atoms with Crippen molar-refractivity contribution < 1.29 is 15.0 Å². The highest BCUT2D eigenvalue weighted by molar-refractivity contribution is 5.76. The minimum atomic E-state index is -0.862. The maximum Gasteiger partial charge on any atom is 0.220 e. The molecule has 0 rings (SSSR count). The lowest BCUT2D eigenvalue weighted by molar-refractivity contribution is -0.123. The molecule has 0 aliphatic rings. The Hall–Kier alpha value is -1.39. The molecule has 33 heavy (non-hydrogen) atoms. The molecular weight excluding hydrogens is 410 g/mol. The predicted molar refractivity (Wildman–Crippen MR) is 142 cm³/mol. The number of unbranched alkanes of at least 4 members (excludes halogenated alkanes) is 12. The van der Waals surface area contributed by atoms with Crippen molar-refractivity contribution in [3.63, 3.8) is 0 Å². The van der Waals surface area contributed by atoms with Crippen molar-refractivity contribution >= 4 is 5.91 Å². The normalized spacial score (nSPS) is 13.9. The van der Waals surface area contributed by atoms with Crippen LogP contribution in [0.2, 0.25) is 0 Å². The molecule has 0 heterocycles. The van der Waals surface area contributed by atoms with Gasteiger partial charge in [-0.15, -0.1) is 0 Å². The summed E-state index contributed by atoms with van der Waals surface area (Å²) in [5.74, 6) is -0.0857. The largest absolute Gasteiger partial charge is 0.394 e. The summed E-state index contributed by atoms with van der Waals surface area (Å²) in [5, 5.41) is 22.6. The molecule has 0 aromatic heterocycles. The smallest absolute Gasteiger partial charge is 0.220 e. The molecule has 0 bridgehead atoms. The van der Waals surface area contributed by atoms with Crippen molar-refractivity contribution in [1.29, 1.82) is 0 Å². The number of amides is 1. The summed E-state index contributed by atoms with van der Waals surface area (Å²) >= 11 is 0. The number of carbonyl (C=O) groups is 1. The molecule has 0 aliphatic heterocycles. The quantitative estimate of drug-likeness (QED) is 0.111.